The Morgan fingerprint density at radius 3 is 1.75 bits per heavy atom. The highest BCUT2D eigenvalue weighted by Gasteiger charge is 2.36. The van der Waals surface area contributed by atoms with E-state index in [9.17, 15) is 0 Å². The Morgan fingerprint density at radius 1 is 1.00 bits per heavy atom. The molecule has 0 N–H and O–H groups in total. The van der Waals surface area contributed by atoms with Crippen LogP contribution in [-0.4, -0.2) is 12.2 Å². The van der Waals surface area contributed by atoms with Crippen molar-refractivity contribution in [2.45, 2.75) is 60.0 Å². The normalized spacial score (nSPS) is 17.5. The Bertz CT molecular complexity index is 123. The Hall–Kier alpha value is -0.0400. The third-order valence-corrected chi connectivity index (χ3v) is 2.89. The smallest absolute Gasteiger partial charge is 0.0699 e. The number of hydrogen-bond acceptors (Lipinski definition) is 1. The van der Waals surface area contributed by atoms with Crippen LogP contribution in [0.2, 0.25) is 0 Å². The molecule has 0 amide bonds. The molecule has 0 fully saturated rings. The van der Waals surface area contributed by atoms with E-state index in [1.54, 1.807) is 0 Å². The second-order valence-corrected chi connectivity index (χ2v) is 4.68. The highest BCUT2D eigenvalue weighted by Crippen LogP contribution is 2.36. The van der Waals surface area contributed by atoms with Gasteiger partial charge >= 0.3 is 0 Å². The zero-order valence-electron chi connectivity index (χ0n) is 9.53. The number of ether oxygens (including phenoxy) is 1. The van der Waals surface area contributed by atoms with Gasteiger partial charge < -0.3 is 4.74 Å². The summed E-state index contributed by atoms with van der Waals surface area (Å²) in [6, 6.07) is 0. The molecule has 0 saturated carbocycles. The molecule has 0 aliphatic rings. The molecule has 0 aromatic rings. The lowest BCUT2D eigenvalue weighted by molar-refractivity contribution is -0.106. The van der Waals surface area contributed by atoms with Crippen molar-refractivity contribution in [3.63, 3.8) is 0 Å². The van der Waals surface area contributed by atoms with Crippen LogP contribution in [0.15, 0.2) is 0 Å². The first-order valence-electron chi connectivity index (χ1n) is 5.01. The summed E-state index contributed by atoms with van der Waals surface area (Å²) < 4.78 is 5.89. The monoisotopic (exact) mass is 172 g/mol. The Labute approximate surface area is 77.5 Å². The van der Waals surface area contributed by atoms with Gasteiger partial charge in [-0.05, 0) is 25.2 Å². The zero-order valence-corrected chi connectivity index (χ0v) is 9.53. The van der Waals surface area contributed by atoms with Crippen molar-refractivity contribution < 1.29 is 4.74 Å². The van der Waals surface area contributed by atoms with Crippen LogP contribution in [0.5, 0.6) is 0 Å². The van der Waals surface area contributed by atoms with Crippen LogP contribution in [0, 0.1) is 5.41 Å². The van der Waals surface area contributed by atoms with Gasteiger partial charge in [0.2, 0.25) is 0 Å². The third-order valence-electron chi connectivity index (χ3n) is 2.89. The SMILES string of the molecule is CCCOC(C)(CC)C(C)(C)C. The van der Waals surface area contributed by atoms with Crippen LogP contribution in [0.3, 0.4) is 0 Å². The fraction of sp³-hybridized carbons (Fsp3) is 1.00. The molecule has 0 rings (SSSR count). The van der Waals surface area contributed by atoms with Crippen molar-refractivity contribution in [2.24, 2.45) is 5.41 Å². The highest BCUT2D eigenvalue weighted by molar-refractivity contribution is 4.86. The molecule has 12 heavy (non-hydrogen) atoms. The van der Waals surface area contributed by atoms with Crippen molar-refractivity contribution in [2.75, 3.05) is 6.61 Å². The first kappa shape index (κ1) is 12.0. The van der Waals surface area contributed by atoms with Crippen molar-refractivity contribution in [1.29, 1.82) is 0 Å². The third kappa shape index (κ3) is 2.78. The molecule has 0 bridgehead atoms. The number of rotatable bonds is 4. The van der Waals surface area contributed by atoms with E-state index >= 15 is 0 Å². The molecule has 0 aromatic heterocycles. The lowest BCUT2D eigenvalue weighted by atomic mass is 9.76. The molecular weight excluding hydrogens is 148 g/mol. The molecule has 1 unspecified atom stereocenters. The molecule has 1 nitrogen and oxygen atoms in total. The van der Waals surface area contributed by atoms with Gasteiger partial charge in [0, 0.05) is 6.61 Å². The maximum Gasteiger partial charge on any atom is 0.0699 e. The van der Waals surface area contributed by atoms with Gasteiger partial charge in [0.15, 0.2) is 0 Å². The van der Waals surface area contributed by atoms with Crippen LogP contribution in [0.4, 0.5) is 0 Å². The van der Waals surface area contributed by atoms with Crippen molar-refractivity contribution in [3.8, 4) is 0 Å². The van der Waals surface area contributed by atoms with E-state index in [1.807, 2.05) is 0 Å². The van der Waals surface area contributed by atoms with Crippen molar-refractivity contribution in [1.82, 2.24) is 0 Å². The molecule has 74 valence electrons. The molecule has 1 heteroatoms. The van der Waals surface area contributed by atoms with E-state index < -0.39 is 0 Å². The van der Waals surface area contributed by atoms with Crippen LogP contribution in [0.25, 0.3) is 0 Å². The maximum absolute atomic E-state index is 5.89. The molecule has 1 atom stereocenters. The Balaban J connectivity index is 4.24. The summed E-state index contributed by atoms with van der Waals surface area (Å²) in [5.74, 6) is 0. The van der Waals surface area contributed by atoms with Crippen molar-refractivity contribution in [3.05, 3.63) is 0 Å². The quantitative estimate of drug-likeness (QED) is 0.629. The predicted molar refractivity (Wildman–Crippen MR) is 54.4 cm³/mol. The van der Waals surface area contributed by atoms with E-state index in [2.05, 4.69) is 41.5 Å². The predicted octanol–water partition coefficient (Wildman–Crippen LogP) is 3.63. The summed E-state index contributed by atoms with van der Waals surface area (Å²) in [5.41, 5.74) is 0.264. The summed E-state index contributed by atoms with van der Waals surface area (Å²) in [4.78, 5) is 0. The van der Waals surface area contributed by atoms with E-state index in [0.717, 1.165) is 19.4 Å². The lowest BCUT2D eigenvalue weighted by Gasteiger charge is -2.41. The summed E-state index contributed by atoms with van der Waals surface area (Å²) in [5, 5.41) is 0. The van der Waals surface area contributed by atoms with Gasteiger partial charge in [-0.25, -0.2) is 0 Å². The van der Waals surface area contributed by atoms with Crippen LogP contribution < -0.4 is 0 Å². The number of hydrogen-bond donors (Lipinski definition) is 0. The van der Waals surface area contributed by atoms with E-state index in [-0.39, 0.29) is 11.0 Å². The fourth-order valence-electron chi connectivity index (χ4n) is 1.18. The summed E-state index contributed by atoms with van der Waals surface area (Å²) in [6.07, 6.45) is 2.18. The first-order chi connectivity index (χ1) is 5.37. The molecule has 0 saturated heterocycles. The second kappa shape index (κ2) is 4.27. The maximum atomic E-state index is 5.89. The van der Waals surface area contributed by atoms with Gasteiger partial charge in [-0.15, -0.1) is 0 Å². The summed E-state index contributed by atoms with van der Waals surface area (Å²) >= 11 is 0. The van der Waals surface area contributed by atoms with Gasteiger partial charge in [0.1, 0.15) is 0 Å². The molecule has 0 aromatic carbocycles. The van der Waals surface area contributed by atoms with Crippen LogP contribution in [-0.2, 0) is 4.74 Å². The molecular formula is C11H24O. The molecule has 0 heterocycles. The van der Waals surface area contributed by atoms with Gasteiger partial charge in [0.05, 0.1) is 5.60 Å². The van der Waals surface area contributed by atoms with Gasteiger partial charge in [-0.2, -0.15) is 0 Å². The summed E-state index contributed by atoms with van der Waals surface area (Å²) in [7, 11) is 0. The molecule has 0 aliphatic heterocycles. The highest BCUT2D eigenvalue weighted by atomic mass is 16.5. The Morgan fingerprint density at radius 2 is 1.50 bits per heavy atom. The van der Waals surface area contributed by atoms with Gasteiger partial charge in [-0.1, -0.05) is 34.6 Å². The first-order valence-corrected chi connectivity index (χ1v) is 5.01. The van der Waals surface area contributed by atoms with Gasteiger partial charge in [0.25, 0.3) is 0 Å². The second-order valence-electron chi connectivity index (χ2n) is 4.68. The van der Waals surface area contributed by atoms with Crippen molar-refractivity contribution >= 4 is 0 Å². The fourth-order valence-corrected chi connectivity index (χ4v) is 1.18. The standard InChI is InChI=1S/C11H24O/c1-7-9-12-11(6,8-2)10(3,4)5/h7-9H2,1-6H3. The molecule has 0 aliphatic carbocycles. The topological polar surface area (TPSA) is 9.23 Å². The average Bonchev–Trinajstić information content (AvgIpc) is 1.98. The average molecular weight is 172 g/mol. The minimum Gasteiger partial charge on any atom is -0.375 e. The molecule has 0 spiro atoms. The minimum absolute atomic E-state index is 0.0308. The lowest BCUT2D eigenvalue weighted by Crippen LogP contribution is -2.42. The zero-order chi connectivity index (χ0) is 9.83. The van der Waals surface area contributed by atoms with E-state index in [1.165, 1.54) is 0 Å². The van der Waals surface area contributed by atoms with E-state index in [4.69, 9.17) is 4.74 Å². The largest absolute Gasteiger partial charge is 0.375 e. The Kier molecular flexibility index (Phi) is 4.25. The van der Waals surface area contributed by atoms with Crippen LogP contribution in [0.1, 0.15) is 54.4 Å². The van der Waals surface area contributed by atoms with Crippen LogP contribution >= 0.6 is 0 Å². The minimum atomic E-state index is 0.0308. The summed E-state index contributed by atoms with van der Waals surface area (Å²) in [6.45, 7) is 14.2. The molecule has 0 radical (unpaired) electrons. The van der Waals surface area contributed by atoms with E-state index in [0.29, 0.717) is 0 Å². The van der Waals surface area contributed by atoms with Gasteiger partial charge in [-0.3, -0.25) is 0 Å².